The van der Waals surface area contributed by atoms with Crippen LogP contribution < -0.4 is 15.9 Å². The average Bonchev–Trinajstić information content (AvgIpc) is 2.61. The second-order valence-electron chi connectivity index (χ2n) is 5.83. The second-order valence-corrected chi connectivity index (χ2v) is 12.0. The van der Waals surface area contributed by atoms with Gasteiger partial charge in [-0.25, -0.2) is 0 Å². The molecule has 0 atom stereocenters. The van der Waals surface area contributed by atoms with Crippen molar-refractivity contribution in [3.05, 3.63) is 91.0 Å². The molecule has 124 valence electrons. The first-order valence-electron chi connectivity index (χ1n) is 7.73. The summed E-state index contributed by atoms with van der Waals surface area (Å²) in [5.74, 6) is -0.141. The van der Waals surface area contributed by atoms with Crippen LogP contribution in [0.3, 0.4) is 0 Å². The molecule has 0 heterocycles. The zero-order chi connectivity index (χ0) is 17.0. The van der Waals surface area contributed by atoms with E-state index in [1.54, 1.807) is 0 Å². The Morgan fingerprint density at radius 2 is 0.917 bits per heavy atom. The van der Waals surface area contributed by atoms with Gasteiger partial charge in [-0.3, -0.25) is 0 Å². The van der Waals surface area contributed by atoms with Crippen molar-refractivity contribution in [3.63, 3.8) is 0 Å². The molecular formula is C19H20O3P2. The summed E-state index contributed by atoms with van der Waals surface area (Å²) in [4.78, 5) is 19.8. The van der Waals surface area contributed by atoms with Gasteiger partial charge in [0.15, 0.2) is 0 Å². The summed E-state index contributed by atoms with van der Waals surface area (Å²) in [7, 11) is -7.04. The van der Waals surface area contributed by atoms with Crippen molar-refractivity contribution in [1.29, 1.82) is 0 Å². The minimum absolute atomic E-state index is 0.141. The zero-order valence-electron chi connectivity index (χ0n) is 13.1. The first kappa shape index (κ1) is 17.1. The topological polar surface area (TPSA) is 57.5 Å². The Morgan fingerprint density at radius 1 is 0.625 bits per heavy atom. The maximum absolute atomic E-state index is 12.1. The van der Waals surface area contributed by atoms with Crippen LogP contribution in [0, 0.1) is 0 Å². The molecule has 0 unspecified atom stereocenters. The van der Waals surface area contributed by atoms with E-state index in [9.17, 15) is 14.4 Å². The van der Waals surface area contributed by atoms with Crippen molar-refractivity contribution in [3.8, 4) is 0 Å². The van der Waals surface area contributed by atoms with Crippen LogP contribution in [0.1, 0.15) is 0 Å². The van der Waals surface area contributed by atoms with Crippen molar-refractivity contribution in [1.82, 2.24) is 0 Å². The molecule has 0 saturated carbocycles. The monoisotopic (exact) mass is 358 g/mol. The predicted molar refractivity (Wildman–Crippen MR) is 103 cm³/mol. The fourth-order valence-electron chi connectivity index (χ4n) is 3.25. The van der Waals surface area contributed by atoms with E-state index in [2.05, 4.69) is 0 Å². The van der Waals surface area contributed by atoms with Gasteiger partial charge in [0.2, 0.25) is 0 Å². The second kappa shape index (κ2) is 7.01. The number of rotatable bonds is 5. The van der Waals surface area contributed by atoms with Crippen LogP contribution in [-0.4, -0.2) is 15.7 Å². The van der Waals surface area contributed by atoms with Gasteiger partial charge >= 0.3 is 142 Å². The molecule has 0 radical (unpaired) electrons. The van der Waals surface area contributed by atoms with E-state index >= 15 is 0 Å². The van der Waals surface area contributed by atoms with Crippen LogP contribution >= 0.6 is 14.9 Å². The molecule has 24 heavy (non-hydrogen) atoms. The van der Waals surface area contributed by atoms with Crippen LogP contribution in [0.4, 0.5) is 0 Å². The van der Waals surface area contributed by atoms with Gasteiger partial charge in [0, 0.05) is 0 Å². The molecule has 0 aliphatic carbocycles. The summed E-state index contributed by atoms with van der Waals surface area (Å²) in [5, 5.41) is 3.02. The van der Waals surface area contributed by atoms with Gasteiger partial charge in [-0.05, 0) is 0 Å². The summed E-state index contributed by atoms with van der Waals surface area (Å²) in [6.45, 7) is 0. The summed E-state index contributed by atoms with van der Waals surface area (Å²) in [6.07, 6.45) is 0. The van der Waals surface area contributed by atoms with E-state index in [1.807, 2.05) is 91.0 Å². The molecule has 0 fully saturated rings. The van der Waals surface area contributed by atoms with E-state index in [1.165, 1.54) is 0 Å². The molecule has 0 spiro atoms. The van der Waals surface area contributed by atoms with E-state index in [4.69, 9.17) is 0 Å². The molecule has 3 aromatic rings. The third-order valence-electron chi connectivity index (χ3n) is 4.24. The normalized spacial score (nSPS) is 12.8. The Labute approximate surface area is 142 Å². The fourth-order valence-corrected chi connectivity index (χ4v) is 11.2. The van der Waals surface area contributed by atoms with Crippen molar-refractivity contribution in [2.75, 3.05) is 5.90 Å². The zero-order valence-corrected chi connectivity index (χ0v) is 15.0. The predicted octanol–water partition coefficient (Wildman–Crippen LogP) is 2.85. The van der Waals surface area contributed by atoms with Crippen LogP contribution in [-0.2, 0) is 4.57 Å². The summed E-state index contributed by atoms with van der Waals surface area (Å²) in [6, 6.07) is 29.3. The van der Waals surface area contributed by atoms with Crippen molar-refractivity contribution < 1.29 is 14.4 Å². The standard InChI is InChI=1S/C19H20O3P2/c20-24(21,22)16-23(17-10-4-1-5-11-17,18-12-6-2-7-13-18)19-14-8-3-9-15-19/h1-15,23H,16H2,(H2,20,21,22). The third-order valence-corrected chi connectivity index (χ3v) is 11.7. The first-order chi connectivity index (χ1) is 11.5. The Kier molecular flexibility index (Phi) is 4.99. The SMILES string of the molecule is O=P(O)(O)C[PH](c1ccccc1)(c1ccccc1)c1ccccc1. The number of hydrogen-bond donors (Lipinski definition) is 2. The van der Waals surface area contributed by atoms with Gasteiger partial charge < -0.3 is 0 Å². The number of hydrogen-bond acceptors (Lipinski definition) is 1. The Bertz CT molecular complexity index is 734. The fraction of sp³-hybridized carbons (Fsp3) is 0.0526. The average molecular weight is 358 g/mol. The van der Waals surface area contributed by atoms with E-state index in [0.717, 1.165) is 15.9 Å². The first-order valence-corrected chi connectivity index (χ1v) is 11.7. The van der Waals surface area contributed by atoms with E-state index in [-0.39, 0.29) is 5.90 Å². The summed E-state index contributed by atoms with van der Waals surface area (Å²) in [5.41, 5.74) is 0. The van der Waals surface area contributed by atoms with Crippen molar-refractivity contribution >= 4 is 30.8 Å². The Morgan fingerprint density at radius 3 is 1.17 bits per heavy atom. The summed E-state index contributed by atoms with van der Waals surface area (Å²) >= 11 is 0. The summed E-state index contributed by atoms with van der Waals surface area (Å²) < 4.78 is 12.1. The van der Waals surface area contributed by atoms with Gasteiger partial charge in [0.1, 0.15) is 0 Å². The molecule has 0 bridgehead atoms. The van der Waals surface area contributed by atoms with Gasteiger partial charge in [-0.1, -0.05) is 0 Å². The molecule has 0 amide bonds. The van der Waals surface area contributed by atoms with Gasteiger partial charge in [0.25, 0.3) is 0 Å². The van der Waals surface area contributed by atoms with Crippen molar-refractivity contribution in [2.24, 2.45) is 0 Å². The van der Waals surface area contributed by atoms with Crippen molar-refractivity contribution in [2.45, 2.75) is 0 Å². The molecule has 3 rings (SSSR count). The maximum atomic E-state index is 12.1. The molecule has 5 heteroatoms. The van der Waals surface area contributed by atoms with Gasteiger partial charge in [-0.15, -0.1) is 0 Å². The van der Waals surface area contributed by atoms with Crippen LogP contribution in [0.5, 0.6) is 0 Å². The van der Waals surface area contributed by atoms with Crippen LogP contribution in [0.15, 0.2) is 91.0 Å². The molecule has 0 aliphatic heterocycles. The molecule has 3 nitrogen and oxygen atoms in total. The number of benzene rings is 3. The minimum atomic E-state index is -4.22. The third kappa shape index (κ3) is 3.50. The molecule has 0 aliphatic rings. The quantitative estimate of drug-likeness (QED) is 0.690. The molecule has 0 aromatic heterocycles. The molecule has 2 N–H and O–H groups in total. The molecular weight excluding hydrogens is 338 g/mol. The van der Waals surface area contributed by atoms with Crippen LogP contribution in [0.25, 0.3) is 0 Å². The van der Waals surface area contributed by atoms with Gasteiger partial charge in [-0.2, -0.15) is 0 Å². The molecule has 3 aromatic carbocycles. The van der Waals surface area contributed by atoms with Crippen LogP contribution in [0.2, 0.25) is 0 Å². The molecule has 0 saturated heterocycles. The van der Waals surface area contributed by atoms with Gasteiger partial charge in [0.05, 0.1) is 0 Å². The van der Waals surface area contributed by atoms with E-state index < -0.39 is 14.9 Å². The van der Waals surface area contributed by atoms with E-state index in [0.29, 0.717) is 0 Å². The Hall–Kier alpha value is -1.76. The Balaban J connectivity index is 2.35.